The Kier molecular flexibility index (Phi) is 8.27. The number of sulfonamides is 1. The van der Waals surface area contributed by atoms with Crippen LogP contribution in [-0.2, 0) is 19.6 Å². The summed E-state index contributed by atoms with van der Waals surface area (Å²) in [5, 5.41) is 5.35. The molecule has 3 N–H and O–H groups in total. The quantitative estimate of drug-likeness (QED) is 0.403. The predicted molar refractivity (Wildman–Crippen MR) is 132 cm³/mol. The van der Waals surface area contributed by atoms with Crippen molar-refractivity contribution in [1.82, 2.24) is 4.72 Å². The van der Waals surface area contributed by atoms with Crippen molar-refractivity contribution in [2.24, 2.45) is 0 Å². The second kappa shape index (κ2) is 11.1. The van der Waals surface area contributed by atoms with E-state index in [1.807, 2.05) is 30.3 Å². The summed E-state index contributed by atoms with van der Waals surface area (Å²) in [4.78, 5) is 23.2. The van der Waals surface area contributed by atoms with Crippen LogP contribution in [0.25, 0.3) is 0 Å². The molecule has 0 aliphatic rings. The van der Waals surface area contributed by atoms with E-state index in [9.17, 15) is 18.0 Å². The fourth-order valence-corrected chi connectivity index (χ4v) is 4.61. The van der Waals surface area contributed by atoms with Gasteiger partial charge < -0.3 is 15.4 Å². The third-order valence-electron chi connectivity index (χ3n) is 4.69. The molecule has 0 aliphatic heterocycles. The van der Waals surface area contributed by atoms with Gasteiger partial charge in [-0.25, -0.2) is 13.1 Å². The number of anilines is 2. The lowest BCUT2D eigenvalue weighted by molar-refractivity contribution is -0.118. The Labute approximate surface area is 203 Å². The molecule has 0 aliphatic carbocycles. The monoisotopic (exact) mass is 501 g/mol. The zero-order valence-corrected chi connectivity index (χ0v) is 20.1. The van der Waals surface area contributed by atoms with E-state index in [0.717, 1.165) is 5.56 Å². The van der Waals surface area contributed by atoms with Gasteiger partial charge in [0.15, 0.2) is 6.61 Å². The highest BCUT2D eigenvalue weighted by Crippen LogP contribution is 2.28. The van der Waals surface area contributed by atoms with E-state index >= 15 is 0 Å². The van der Waals surface area contributed by atoms with Crippen molar-refractivity contribution in [3.63, 3.8) is 0 Å². The molecule has 0 radical (unpaired) electrons. The van der Waals surface area contributed by atoms with E-state index in [1.54, 1.807) is 31.2 Å². The van der Waals surface area contributed by atoms with Crippen LogP contribution in [0.4, 0.5) is 11.4 Å². The fourth-order valence-electron chi connectivity index (χ4n) is 3.06. The van der Waals surface area contributed by atoms with Crippen molar-refractivity contribution < 1.29 is 22.7 Å². The van der Waals surface area contributed by atoms with Gasteiger partial charge in [0, 0.05) is 24.3 Å². The molecule has 0 fully saturated rings. The first-order valence-electron chi connectivity index (χ1n) is 10.3. The van der Waals surface area contributed by atoms with Crippen LogP contribution in [0.15, 0.2) is 77.7 Å². The third kappa shape index (κ3) is 7.05. The van der Waals surface area contributed by atoms with Crippen LogP contribution >= 0.6 is 11.6 Å². The van der Waals surface area contributed by atoms with Crippen molar-refractivity contribution in [2.75, 3.05) is 17.2 Å². The van der Waals surface area contributed by atoms with Gasteiger partial charge in [0.2, 0.25) is 15.9 Å². The minimum atomic E-state index is -3.83. The maximum absolute atomic E-state index is 12.7. The third-order valence-corrected chi connectivity index (χ3v) is 6.53. The number of halogens is 1. The second-order valence-electron chi connectivity index (χ2n) is 7.44. The zero-order chi connectivity index (χ0) is 24.7. The van der Waals surface area contributed by atoms with Crippen LogP contribution in [0.1, 0.15) is 25.5 Å². The van der Waals surface area contributed by atoms with Gasteiger partial charge >= 0.3 is 0 Å². The number of amides is 2. The maximum Gasteiger partial charge on any atom is 0.262 e. The molecule has 10 heteroatoms. The molecular weight excluding hydrogens is 478 g/mol. The summed E-state index contributed by atoms with van der Waals surface area (Å²) in [5.41, 5.74) is 1.96. The summed E-state index contributed by atoms with van der Waals surface area (Å²) >= 11 is 6.21. The van der Waals surface area contributed by atoms with Crippen LogP contribution < -0.4 is 20.1 Å². The molecule has 2 amide bonds. The van der Waals surface area contributed by atoms with E-state index in [4.69, 9.17) is 16.3 Å². The van der Waals surface area contributed by atoms with E-state index in [1.165, 1.54) is 25.1 Å². The van der Waals surface area contributed by atoms with E-state index in [2.05, 4.69) is 15.4 Å². The van der Waals surface area contributed by atoms with E-state index in [-0.39, 0.29) is 28.2 Å². The predicted octanol–water partition coefficient (Wildman–Crippen LogP) is 4.36. The van der Waals surface area contributed by atoms with Gasteiger partial charge in [0.25, 0.3) is 5.91 Å². The SMILES string of the molecule is CC(=O)Nc1ccc(NC(=O)COc2ccc(S(=O)(=O)N[C@@H](C)c3ccccc3)cc2Cl)cc1. The Balaban J connectivity index is 1.58. The first-order valence-corrected chi connectivity index (χ1v) is 12.2. The van der Waals surface area contributed by atoms with Crippen LogP contribution in [0.3, 0.4) is 0 Å². The van der Waals surface area contributed by atoms with Crippen LogP contribution in [0.5, 0.6) is 5.75 Å². The van der Waals surface area contributed by atoms with Crippen molar-refractivity contribution in [1.29, 1.82) is 0 Å². The number of rotatable bonds is 9. The number of carbonyl (C=O) groups excluding carboxylic acids is 2. The second-order valence-corrected chi connectivity index (χ2v) is 9.56. The number of benzene rings is 3. The summed E-state index contributed by atoms with van der Waals surface area (Å²) in [6.07, 6.45) is 0. The number of hydrogen-bond donors (Lipinski definition) is 3. The fraction of sp³-hybridized carbons (Fsp3) is 0.167. The maximum atomic E-state index is 12.7. The molecule has 0 heterocycles. The van der Waals surface area contributed by atoms with Gasteiger partial charge in [-0.1, -0.05) is 41.9 Å². The number of nitrogens with one attached hydrogen (secondary N) is 3. The highest BCUT2D eigenvalue weighted by molar-refractivity contribution is 7.89. The average Bonchev–Trinajstić information content (AvgIpc) is 2.79. The molecule has 0 unspecified atom stereocenters. The van der Waals surface area contributed by atoms with Crippen molar-refractivity contribution in [3.8, 4) is 5.75 Å². The minimum Gasteiger partial charge on any atom is -0.482 e. The first kappa shape index (κ1) is 25.2. The van der Waals surface area contributed by atoms with E-state index in [0.29, 0.717) is 11.4 Å². The van der Waals surface area contributed by atoms with Gasteiger partial charge in [-0.3, -0.25) is 9.59 Å². The Morgan fingerprint density at radius 2 is 1.56 bits per heavy atom. The number of hydrogen-bond acceptors (Lipinski definition) is 5. The molecule has 1 atom stereocenters. The van der Waals surface area contributed by atoms with Crippen LogP contribution in [0, 0.1) is 0 Å². The molecule has 0 bridgehead atoms. The molecule has 0 saturated carbocycles. The molecular formula is C24H24ClN3O5S. The first-order chi connectivity index (χ1) is 16.1. The Bertz CT molecular complexity index is 1270. The molecule has 0 saturated heterocycles. The summed E-state index contributed by atoms with van der Waals surface area (Å²) in [5.74, 6) is -0.450. The Morgan fingerprint density at radius 3 is 2.15 bits per heavy atom. The van der Waals surface area contributed by atoms with Crippen molar-refractivity contribution >= 4 is 44.8 Å². The van der Waals surface area contributed by atoms with Crippen molar-refractivity contribution in [3.05, 3.63) is 83.4 Å². The smallest absolute Gasteiger partial charge is 0.262 e. The largest absolute Gasteiger partial charge is 0.482 e. The minimum absolute atomic E-state index is 0.0173. The van der Waals surface area contributed by atoms with Gasteiger partial charge in [-0.05, 0) is 55.0 Å². The number of ether oxygens (including phenoxy) is 1. The molecule has 178 valence electrons. The van der Waals surface area contributed by atoms with Gasteiger partial charge in [0.1, 0.15) is 5.75 Å². The Morgan fingerprint density at radius 1 is 0.941 bits per heavy atom. The van der Waals surface area contributed by atoms with Crippen LogP contribution in [0.2, 0.25) is 5.02 Å². The summed E-state index contributed by atoms with van der Waals surface area (Å²) in [6.45, 7) is 2.82. The van der Waals surface area contributed by atoms with Gasteiger partial charge in [0.05, 0.1) is 9.92 Å². The van der Waals surface area contributed by atoms with Gasteiger partial charge in [-0.2, -0.15) is 0 Å². The summed E-state index contributed by atoms with van der Waals surface area (Å²) in [6, 6.07) is 19.4. The lowest BCUT2D eigenvalue weighted by Crippen LogP contribution is -2.27. The molecule has 8 nitrogen and oxygen atoms in total. The molecule has 3 aromatic carbocycles. The van der Waals surface area contributed by atoms with Crippen molar-refractivity contribution in [2.45, 2.75) is 24.8 Å². The number of carbonyl (C=O) groups is 2. The standard InChI is InChI=1S/C24H24ClN3O5S/c1-16(18-6-4-3-5-7-18)28-34(31,32)21-12-13-23(22(25)14-21)33-15-24(30)27-20-10-8-19(9-11-20)26-17(2)29/h3-14,16,28H,15H2,1-2H3,(H,26,29)(H,27,30)/t16-/m0/s1. The van der Waals surface area contributed by atoms with Gasteiger partial charge in [-0.15, -0.1) is 0 Å². The highest BCUT2D eigenvalue weighted by Gasteiger charge is 2.20. The summed E-state index contributed by atoms with van der Waals surface area (Å²) < 4.78 is 33.5. The molecule has 3 aromatic rings. The molecule has 3 rings (SSSR count). The zero-order valence-electron chi connectivity index (χ0n) is 18.5. The molecule has 0 aromatic heterocycles. The average molecular weight is 502 g/mol. The van der Waals surface area contributed by atoms with E-state index < -0.39 is 22.0 Å². The lowest BCUT2D eigenvalue weighted by Gasteiger charge is -2.15. The Hall–Kier alpha value is -3.40. The molecule has 0 spiro atoms. The summed E-state index contributed by atoms with van der Waals surface area (Å²) in [7, 11) is -3.83. The highest BCUT2D eigenvalue weighted by atomic mass is 35.5. The topological polar surface area (TPSA) is 114 Å². The normalized spacial score (nSPS) is 12.0. The lowest BCUT2D eigenvalue weighted by atomic mass is 10.1. The van der Waals surface area contributed by atoms with Crippen LogP contribution in [-0.4, -0.2) is 26.8 Å². The molecule has 34 heavy (non-hydrogen) atoms.